The molecule has 1 saturated carbocycles. The van der Waals surface area contributed by atoms with Gasteiger partial charge in [0.2, 0.25) is 0 Å². The van der Waals surface area contributed by atoms with Crippen LogP contribution in [0, 0.1) is 92.8 Å². The van der Waals surface area contributed by atoms with Crippen LogP contribution < -0.4 is 0 Å². The molecule has 1 fully saturated rings. The molecule has 0 heterocycles. The van der Waals surface area contributed by atoms with Crippen LogP contribution in [-0.2, 0) is 0 Å². The molecule has 0 saturated heterocycles. The molecule has 0 amide bonds. The monoisotopic (exact) mass is 234 g/mol. The fourth-order valence-electron chi connectivity index (χ4n) is 2.30. The first kappa shape index (κ1) is 13.0. The van der Waals surface area contributed by atoms with E-state index in [9.17, 15) is 0 Å². The van der Waals surface area contributed by atoms with Crippen molar-refractivity contribution in [2.24, 2.45) is 29.6 Å². The van der Waals surface area contributed by atoms with Gasteiger partial charge in [-0.3, -0.25) is 4.85 Å². The van der Waals surface area contributed by atoms with E-state index in [4.69, 9.17) is 32.9 Å². The minimum atomic E-state index is -1.01. The number of hydrogen-bond donors (Lipinski definition) is 0. The molecule has 0 N–H and O–H groups in total. The van der Waals surface area contributed by atoms with Gasteiger partial charge in [0, 0.05) is 11.8 Å². The lowest BCUT2D eigenvalue weighted by atomic mass is 9.99. The first-order valence-electron chi connectivity index (χ1n) is 5.04. The average molecular weight is 234 g/mol. The summed E-state index contributed by atoms with van der Waals surface area (Å²) in [7, 11) is 0. The van der Waals surface area contributed by atoms with Crippen LogP contribution in [0.3, 0.4) is 0 Å². The highest BCUT2D eigenvalue weighted by Crippen LogP contribution is 2.57. The Morgan fingerprint density at radius 1 is 0.722 bits per heavy atom. The first-order valence-corrected chi connectivity index (χ1v) is 5.04. The van der Waals surface area contributed by atoms with E-state index < -0.39 is 35.6 Å². The van der Waals surface area contributed by atoms with E-state index in [1.807, 2.05) is 0 Å². The molecular formula is C12H6N6. The van der Waals surface area contributed by atoms with E-state index in [2.05, 4.69) is 4.85 Å². The Morgan fingerprint density at radius 3 is 1.33 bits per heavy atom. The molecular weight excluding hydrogens is 228 g/mol. The van der Waals surface area contributed by atoms with Crippen LogP contribution in [-0.4, -0.2) is 6.04 Å². The van der Waals surface area contributed by atoms with Crippen LogP contribution in [0.5, 0.6) is 0 Å². The van der Waals surface area contributed by atoms with Crippen molar-refractivity contribution >= 4 is 0 Å². The van der Waals surface area contributed by atoms with Crippen LogP contribution >= 0.6 is 0 Å². The van der Waals surface area contributed by atoms with E-state index in [0.717, 1.165) is 0 Å². The fourth-order valence-corrected chi connectivity index (χ4v) is 2.30. The third kappa shape index (κ3) is 1.93. The number of nitriles is 5. The zero-order valence-electron chi connectivity index (χ0n) is 9.15. The third-order valence-corrected chi connectivity index (χ3v) is 3.15. The van der Waals surface area contributed by atoms with Gasteiger partial charge in [0.15, 0.2) is 6.07 Å². The average Bonchev–Trinajstić information content (AvgIpc) is 3.10. The second-order valence-electron chi connectivity index (χ2n) is 3.91. The maximum atomic E-state index is 8.83. The molecule has 0 aromatic heterocycles. The predicted molar refractivity (Wildman–Crippen MR) is 55.9 cm³/mol. The van der Waals surface area contributed by atoms with E-state index in [1.54, 1.807) is 30.3 Å². The quantitative estimate of drug-likeness (QED) is 0.673. The molecule has 1 aliphatic rings. The smallest absolute Gasteiger partial charge is 0.297 e. The van der Waals surface area contributed by atoms with Crippen LogP contribution in [0.4, 0.5) is 0 Å². The van der Waals surface area contributed by atoms with Crippen LogP contribution in [0.25, 0.3) is 4.85 Å². The highest BCUT2D eigenvalue weighted by Gasteiger charge is 2.64. The van der Waals surface area contributed by atoms with Gasteiger partial charge in [-0.1, -0.05) is 0 Å². The highest BCUT2D eigenvalue weighted by atomic mass is 14.8. The first-order chi connectivity index (χ1) is 8.69. The summed E-state index contributed by atoms with van der Waals surface area (Å²) >= 11 is 0. The Morgan fingerprint density at radius 2 is 1.11 bits per heavy atom. The zero-order chi connectivity index (χ0) is 13.7. The van der Waals surface area contributed by atoms with Gasteiger partial charge in [0.25, 0.3) is 0 Å². The topological polar surface area (TPSA) is 123 Å². The van der Waals surface area contributed by atoms with Crippen molar-refractivity contribution in [2.75, 3.05) is 0 Å². The van der Waals surface area contributed by atoms with E-state index in [1.165, 1.54) is 0 Å². The fraction of sp³-hybridized carbons (Fsp3) is 0.500. The normalized spacial score (nSPS) is 25.7. The van der Waals surface area contributed by atoms with Gasteiger partial charge in [-0.25, -0.2) is 6.57 Å². The van der Waals surface area contributed by atoms with Gasteiger partial charge in [-0.15, -0.1) is 0 Å². The molecule has 1 rings (SSSR count). The van der Waals surface area contributed by atoms with Gasteiger partial charge < -0.3 is 0 Å². The molecule has 0 aromatic carbocycles. The summed E-state index contributed by atoms with van der Waals surface area (Å²) < 4.78 is 0. The summed E-state index contributed by atoms with van der Waals surface area (Å²) in [6, 6.07) is 7.93. The lowest BCUT2D eigenvalue weighted by molar-refractivity contribution is 0.588. The minimum Gasteiger partial charge on any atom is -0.297 e. The van der Waals surface area contributed by atoms with Crippen molar-refractivity contribution in [1.82, 2.24) is 0 Å². The van der Waals surface area contributed by atoms with Crippen molar-refractivity contribution < 1.29 is 0 Å². The zero-order valence-corrected chi connectivity index (χ0v) is 9.15. The molecule has 0 spiro atoms. The predicted octanol–water partition coefficient (Wildman–Crippen LogP) is 0.987. The summed E-state index contributed by atoms with van der Waals surface area (Å²) in [6.45, 7) is 6.89. The van der Waals surface area contributed by atoms with Crippen molar-refractivity contribution in [3.8, 4) is 30.3 Å². The number of rotatable bonds is 3. The Bertz CT molecular complexity index is 447. The van der Waals surface area contributed by atoms with Gasteiger partial charge in [0.05, 0.1) is 30.2 Å². The van der Waals surface area contributed by atoms with E-state index in [0.29, 0.717) is 0 Å². The molecule has 3 unspecified atom stereocenters. The van der Waals surface area contributed by atoms with Gasteiger partial charge >= 0.3 is 6.04 Å². The summed E-state index contributed by atoms with van der Waals surface area (Å²) in [5.41, 5.74) is 0. The summed E-state index contributed by atoms with van der Waals surface area (Å²) in [5.74, 6) is -3.59. The lowest BCUT2D eigenvalue weighted by Crippen LogP contribution is -2.07. The molecule has 0 radical (unpaired) electrons. The molecule has 0 bridgehead atoms. The summed E-state index contributed by atoms with van der Waals surface area (Å²) in [6.07, 6.45) is 0. The third-order valence-electron chi connectivity index (χ3n) is 3.15. The molecule has 6 nitrogen and oxygen atoms in total. The second-order valence-corrected chi connectivity index (χ2v) is 3.91. The molecule has 0 aliphatic heterocycles. The molecule has 1 aliphatic carbocycles. The van der Waals surface area contributed by atoms with E-state index in [-0.39, 0.29) is 0 Å². The highest BCUT2D eigenvalue weighted by molar-refractivity contribution is 5.26. The van der Waals surface area contributed by atoms with Gasteiger partial charge in [0.1, 0.15) is 11.8 Å². The summed E-state index contributed by atoms with van der Waals surface area (Å²) in [5, 5.41) is 44.1. The molecule has 6 heteroatoms. The molecule has 18 heavy (non-hydrogen) atoms. The molecule has 84 valence electrons. The lowest BCUT2D eigenvalue weighted by Gasteiger charge is -1.97. The molecule has 3 atom stereocenters. The largest absolute Gasteiger partial charge is 0.310 e. The number of nitrogens with zero attached hydrogens (tertiary/aromatic N) is 6. The Kier molecular flexibility index (Phi) is 3.85. The van der Waals surface area contributed by atoms with Crippen molar-refractivity contribution in [2.45, 2.75) is 6.04 Å². The minimum absolute atomic E-state index is 0.539. The standard InChI is InChI=1S/C12H6N6/c1-18-9(6-17)12-10(7(2-13)3-14)11(12)8(4-15)5-16/h7-12H. The second kappa shape index (κ2) is 5.32. The maximum absolute atomic E-state index is 8.83. The number of hydrogen-bond acceptors (Lipinski definition) is 5. The molecule has 0 aromatic rings. The maximum Gasteiger partial charge on any atom is 0.310 e. The SMILES string of the molecule is [C-]#[N+]C(C#N)C1C(C(C#N)C#N)C1C(C#N)C#N. The van der Waals surface area contributed by atoms with Gasteiger partial charge in [-0.2, -0.15) is 26.3 Å². The Balaban J connectivity index is 3.06. The van der Waals surface area contributed by atoms with Crippen LogP contribution in [0.15, 0.2) is 0 Å². The Labute approximate surface area is 104 Å². The van der Waals surface area contributed by atoms with Crippen molar-refractivity contribution in [3.63, 3.8) is 0 Å². The van der Waals surface area contributed by atoms with Crippen molar-refractivity contribution in [1.29, 1.82) is 26.3 Å². The van der Waals surface area contributed by atoms with Crippen molar-refractivity contribution in [3.05, 3.63) is 11.4 Å². The summed E-state index contributed by atoms with van der Waals surface area (Å²) in [4.78, 5) is 3.12. The van der Waals surface area contributed by atoms with Crippen LogP contribution in [0.1, 0.15) is 0 Å². The Hall–Kier alpha value is -3.06. The van der Waals surface area contributed by atoms with Crippen LogP contribution in [0.2, 0.25) is 0 Å². The van der Waals surface area contributed by atoms with Gasteiger partial charge in [-0.05, 0) is 0 Å². The van der Waals surface area contributed by atoms with E-state index >= 15 is 0 Å².